The van der Waals surface area contributed by atoms with Gasteiger partial charge < -0.3 is 21.1 Å². The third-order valence-corrected chi connectivity index (χ3v) is 3.48. The summed E-state index contributed by atoms with van der Waals surface area (Å²) in [5.41, 5.74) is 11.7. The van der Waals surface area contributed by atoms with Crippen LogP contribution in [0.2, 0.25) is 0 Å². The summed E-state index contributed by atoms with van der Waals surface area (Å²) in [6, 6.07) is 3.95. The summed E-state index contributed by atoms with van der Waals surface area (Å²) >= 11 is 0. The highest BCUT2D eigenvalue weighted by molar-refractivity contribution is 5.99. The van der Waals surface area contributed by atoms with Gasteiger partial charge in [0.25, 0.3) is 11.6 Å². The Morgan fingerprint density at radius 3 is 2.86 bits per heavy atom. The van der Waals surface area contributed by atoms with E-state index in [0.717, 1.165) is 0 Å². The number of primary amides is 1. The van der Waals surface area contributed by atoms with Gasteiger partial charge in [-0.05, 0) is 13.0 Å². The van der Waals surface area contributed by atoms with Crippen molar-refractivity contribution in [3.63, 3.8) is 0 Å². The molecule has 1 fully saturated rings. The Hall–Kier alpha value is -2.19. The van der Waals surface area contributed by atoms with Crippen molar-refractivity contribution in [2.75, 3.05) is 24.6 Å². The number of amides is 1. The van der Waals surface area contributed by atoms with Crippen LogP contribution in [0.15, 0.2) is 18.2 Å². The molecule has 1 amide bonds. The van der Waals surface area contributed by atoms with E-state index in [-0.39, 0.29) is 23.4 Å². The molecule has 2 unspecified atom stereocenters. The average Bonchev–Trinajstić information content (AvgIpc) is 2.46. The lowest BCUT2D eigenvalue weighted by Crippen LogP contribution is -2.50. The van der Waals surface area contributed by atoms with Crippen LogP contribution < -0.4 is 16.4 Å². The van der Waals surface area contributed by atoms with E-state index in [1.54, 1.807) is 6.07 Å². The van der Waals surface area contributed by atoms with E-state index < -0.39 is 10.8 Å². The van der Waals surface area contributed by atoms with Gasteiger partial charge in [-0.15, -0.1) is 0 Å². The van der Waals surface area contributed by atoms with Crippen molar-refractivity contribution in [3.8, 4) is 0 Å². The van der Waals surface area contributed by atoms with Gasteiger partial charge in [-0.3, -0.25) is 14.9 Å². The molecule has 0 saturated carbocycles. The minimum atomic E-state index is -0.697. The van der Waals surface area contributed by atoms with E-state index in [4.69, 9.17) is 16.2 Å². The fourth-order valence-electron chi connectivity index (χ4n) is 2.32. The fourth-order valence-corrected chi connectivity index (χ4v) is 2.32. The smallest absolute Gasteiger partial charge is 0.270 e. The van der Waals surface area contributed by atoms with Crippen molar-refractivity contribution < 1.29 is 14.5 Å². The van der Waals surface area contributed by atoms with E-state index in [1.165, 1.54) is 12.1 Å². The van der Waals surface area contributed by atoms with Gasteiger partial charge in [0.2, 0.25) is 0 Å². The molecule has 0 radical (unpaired) electrons. The summed E-state index contributed by atoms with van der Waals surface area (Å²) in [4.78, 5) is 23.7. The first-order chi connectivity index (χ1) is 9.90. The lowest BCUT2D eigenvalue weighted by Gasteiger charge is -2.36. The van der Waals surface area contributed by atoms with Gasteiger partial charge >= 0.3 is 0 Å². The second-order valence-electron chi connectivity index (χ2n) is 5.04. The van der Waals surface area contributed by atoms with Crippen molar-refractivity contribution in [1.82, 2.24) is 0 Å². The number of hydrogen-bond acceptors (Lipinski definition) is 6. The lowest BCUT2D eigenvalue weighted by molar-refractivity contribution is -0.384. The maximum Gasteiger partial charge on any atom is 0.270 e. The van der Waals surface area contributed by atoms with E-state index in [2.05, 4.69) is 0 Å². The topological polar surface area (TPSA) is 125 Å². The van der Waals surface area contributed by atoms with Crippen LogP contribution in [0, 0.1) is 10.1 Å². The predicted molar refractivity (Wildman–Crippen MR) is 77.2 cm³/mol. The molecule has 114 valence electrons. The number of non-ortho nitro benzene ring substituents is 1. The highest BCUT2D eigenvalue weighted by Gasteiger charge is 2.26. The maximum absolute atomic E-state index is 11.6. The van der Waals surface area contributed by atoms with Crippen LogP contribution in [0.4, 0.5) is 11.4 Å². The van der Waals surface area contributed by atoms with Crippen molar-refractivity contribution in [2.45, 2.75) is 19.1 Å². The Morgan fingerprint density at radius 1 is 1.57 bits per heavy atom. The number of nitro benzene ring substituents is 1. The molecule has 8 nitrogen and oxygen atoms in total. The van der Waals surface area contributed by atoms with Crippen LogP contribution in [-0.2, 0) is 4.74 Å². The number of benzene rings is 1. The summed E-state index contributed by atoms with van der Waals surface area (Å²) in [6.45, 7) is 3.40. The molecule has 0 aromatic heterocycles. The Labute approximate surface area is 121 Å². The molecule has 1 aliphatic rings. The highest BCUT2D eigenvalue weighted by atomic mass is 16.6. The van der Waals surface area contributed by atoms with Crippen LogP contribution in [0.5, 0.6) is 0 Å². The first-order valence-electron chi connectivity index (χ1n) is 6.60. The molecule has 1 aromatic carbocycles. The number of ether oxygens (including phenoxy) is 1. The van der Waals surface area contributed by atoms with Crippen LogP contribution in [-0.4, -0.2) is 42.7 Å². The standard InChI is InChI=1S/C13H18N4O4/c1-8(14)12-7-16(4-5-21-12)11-3-2-9(17(19)20)6-10(11)13(15)18/h2-3,6,8,12H,4-5,7,14H2,1H3,(H2,15,18). The zero-order chi connectivity index (χ0) is 15.6. The molecular weight excluding hydrogens is 276 g/mol. The molecule has 4 N–H and O–H groups in total. The van der Waals surface area contributed by atoms with Gasteiger partial charge in [0.05, 0.1) is 28.9 Å². The van der Waals surface area contributed by atoms with Gasteiger partial charge in [0.15, 0.2) is 0 Å². The summed E-state index contributed by atoms with van der Waals surface area (Å²) < 4.78 is 5.56. The van der Waals surface area contributed by atoms with Crippen LogP contribution in [0.1, 0.15) is 17.3 Å². The minimum absolute atomic E-state index is 0.134. The predicted octanol–water partition coefficient (Wildman–Crippen LogP) is 0.246. The molecule has 1 aliphatic heterocycles. The van der Waals surface area contributed by atoms with E-state index >= 15 is 0 Å². The largest absolute Gasteiger partial charge is 0.373 e. The molecule has 0 bridgehead atoms. The second-order valence-corrected chi connectivity index (χ2v) is 5.04. The molecule has 1 heterocycles. The van der Waals surface area contributed by atoms with E-state index in [9.17, 15) is 14.9 Å². The maximum atomic E-state index is 11.6. The first-order valence-corrected chi connectivity index (χ1v) is 6.60. The number of nitrogens with zero attached hydrogens (tertiary/aromatic N) is 2. The van der Waals surface area contributed by atoms with Gasteiger partial charge in [-0.25, -0.2) is 0 Å². The number of hydrogen-bond donors (Lipinski definition) is 2. The van der Waals surface area contributed by atoms with Gasteiger partial charge in [-0.1, -0.05) is 0 Å². The molecule has 0 spiro atoms. The van der Waals surface area contributed by atoms with Crippen molar-refractivity contribution in [3.05, 3.63) is 33.9 Å². The minimum Gasteiger partial charge on any atom is -0.373 e. The molecule has 0 aliphatic carbocycles. The van der Waals surface area contributed by atoms with Gasteiger partial charge in [0.1, 0.15) is 0 Å². The molecule has 2 rings (SSSR count). The SMILES string of the molecule is CC(N)C1CN(c2ccc([N+](=O)[O-])cc2C(N)=O)CCO1. The monoisotopic (exact) mass is 294 g/mol. The number of anilines is 1. The first kappa shape index (κ1) is 15.2. The molecular formula is C13H18N4O4. The zero-order valence-corrected chi connectivity index (χ0v) is 11.7. The van der Waals surface area contributed by atoms with Crippen LogP contribution in [0.3, 0.4) is 0 Å². The fraction of sp³-hybridized carbons (Fsp3) is 0.462. The summed E-state index contributed by atoms with van der Waals surface area (Å²) in [5.74, 6) is -0.697. The van der Waals surface area contributed by atoms with Crippen molar-refractivity contribution in [1.29, 1.82) is 0 Å². The number of carbonyl (C=O) groups excluding carboxylic acids is 1. The molecule has 1 aromatic rings. The van der Waals surface area contributed by atoms with Crippen LogP contribution >= 0.6 is 0 Å². The third kappa shape index (κ3) is 3.29. The number of nitro groups is 1. The Morgan fingerprint density at radius 2 is 2.29 bits per heavy atom. The number of morpholine rings is 1. The normalized spacial score (nSPS) is 20.1. The molecule has 2 atom stereocenters. The molecule has 8 heteroatoms. The number of rotatable bonds is 4. The van der Waals surface area contributed by atoms with Gasteiger partial charge in [-0.2, -0.15) is 0 Å². The Balaban J connectivity index is 2.34. The summed E-state index contributed by atoms with van der Waals surface area (Å²) in [5, 5.41) is 10.8. The van der Waals surface area contributed by atoms with Gasteiger partial charge in [0, 0.05) is 31.3 Å². The van der Waals surface area contributed by atoms with E-state index in [1.807, 2.05) is 11.8 Å². The lowest BCUT2D eigenvalue weighted by atomic mass is 10.1. The quantitative estimate of drug-likeness (QED) is 0.605. The Bertz CT molecular complexity index is 561. The van der Waals surface area contributed by atoms with E-state index in [0.29, 0.717) is 25.4 Å². The third-order valence-electron chi connectivity index (χ3n) is 3.48. The summed E-state index contributed by atoms with van der Waals surface area (Å²) in [6.07, 6.45) is -0.158. The number of carbonyl (C=O) groups is 1. The van der Waals surface area contributed by atoms with Crippen molar-refractivity contribution >= 4 is 17.3 Å². The molecule has 21 heavy (non-hydrogen) atoms. The average molecular weight is 294 g/mol. The highest BCUT2D eigenvalue weighted by Crippen LogP contribution is 2.27. The zero-order valence-electron chi connectivity index (χ0n) is 11.7. The second kappa shape index (κ2) is 6.06. The van der Waals surface area contributed by atoms with Crippen LogP contribution in [0.25, 0.3) is 0 Å². The Kier molecular flexibility index (Phi) is 4.39. The van der Waals surface area contributed by atoms with Crippen molar-refractivity contribution in [2.24, 2.45) is 11.5 Å². The molecule has 1 saturated heterocycles. The number of nitrogens with two attached hydrogens (primary N) is 2. The summed E-state index contributed by atoms with van der Waals surface area (Å²) in [7, 11) is 0.